The summed E-state index contributed by atoms with van der Waals surface area (Å²) in [4.78, 5) is 16.2. The Morgan fingerprint density at radius 1 is 1.61 bits per heavy atom. The molecule has 18 heavy (non-hydrogen) atoms. The maximum absolute atomic E-state index is 12.1. The van der Waals surface area contributed by atoms with E-state index in [4.69, 9.17) is 0 Å². The number of carbonyl (C=O) groups is 1. The number of hydrogen-bond acceptors (Lipinski definition) is 5. The largest absolute Gasteiger partial charge is 0.318 e. The Morgan fingerprint density at radius 2 is 2.50 bits per heavy atom. The van der Waals surface area contributed by atoms with Crippen LogP contribution in [0.25, 0.3) is 0 Å². The Labute approximate surface area is 116 Å². The zero-order chi connectivity index (χ0) is 12.5. The van der Waals surface area contributed by atoms with E-state index in [0.717, 1.165) is 22.6 Å². The number of nitrogens with one attached hydrogen (secondary N) is 1. The number of anilines is 1. The lowest BCUT2D eigenvalue weighted by molar-refractivity contribution is -0.120. The first kappa shape index (κ1) is 11.8. The van der Waals surface area contributed by atoms with Gasteiger partial charge in [0, 0.05) is 18.9 Å². The van der Waals surface area contributed by atoms with Crippen molar-refractivity contribution in [1.29, 1.82) is 0 Å². The minimum Gasteiger partial charge on any atom is -0.318 e. The van der Waals surface area contributed by atoms with Crippen LogP contribution < -0.4 is 5.32 Å². The molecule has 1 aliphatic heterocycles. The fourth-order valence-electron chi connectivity index (χ4n) is 1.98. The van der Waals surface area contributed by atoms with E-state index in [1.165, 1.54) is 11.3 Å². The Bertz CT molecular complexity index is 580. The predicted molar refractivity (Wildman–Crippen MR) is 70.3 cm³/mol. The van der Waals surface area contributed by atoms with Gasteiger partial charge in [0.2, 0.25) is 5.91 Å². The smallest absolute Gasteiger partial charge is 0.229 e. The standard InChI is InChI=1S/C10H10BrN5OS/c11-7-4-12-10(18-7)14-9(17)6-1-2-16-5-13-15-8(16)3-6/h4-6H,1-3H2,(H,12,14,17). The molecule has 0 radical (unpaired) electrons. The van der Waals surface area contributed by atoms with Crippen LogP contribution in [0, 0.1) is 5.92 Å². The van der Waals surface area contributed by atoms with Gasteiger partial charge in [-0.15, -0.1) is 10.2 Å². The molecule has 1 atom stereocenters. The van der Waals surface area contributed by atoms with E-state index < -0.39 is 0 Å². The summed E-state index contributed by atoms with van der Waals surface area (Å²) in [6.45, 7) is 0.794. The molecule has 0 aliphatic carbocycles. The van der Waals surface area contributed by atoms with E-state index in [1.54, 1.807) is 12.5 Å². The fraction of sp³-hybridized carbons (Fsp3) is 0.400. The van der Waals surface area contributed by atoms with Crippen molar-refractivity contribution < 1.29 is 4.79 Å². The Balaban J connectivity index is 1.67. The zero-order valence-corrected chi connectivity index (χ0v) is 11.7. The van der Waals surface area contributed by atoms with Crippen LogP contribution in [-0.4, -0.2) is 25.7 Å². The maximum atomic E-state index is 12.1. The highest BCUT2D eigenvalue weighted by molar-refractivity contribution is 9.11. The number of amides is 1. The second-order valence-corrected chi connectivity index (χ2v) is 6.50. The van der Waals surface area contributed by atoms with Gasteiger partial charge in [-0.1, -0.05) is 11.3 Å². The van der Waals surface area contributed by atoms with Gasteiger partial charge in [-0.05, 0) is 22.4 Å². The van der Waals surface area contributed by atoms with Gasteiger partial charge in [0.05, 0.1) is 9.98 Å². The molecule has 94 valence electrons. The summed E-state index contributed by atoms with van der Waals surface area (Å²) in [6.07, 6.45) is 4.83. The first-order valence-corrected chi connectivity index (χ1v) is 7.12. The highest BCUT2D eigenvalue weighted by atomic mass is 79.9. The van der Waals surface area contributed by atoms with Crippen LogP contribution in [0.1, 0.15) is 12.2 Å². The van der Waals surface area contributed by atoms with E-state index in [2.05, 4.69) is 36.4 Å². The monoisotopic (exact) mass is 327 g/mol. The van der Waals surface area contributed by atoms with E-state index in [9.17, 15) is 4.79 Å². The molecule has 6 nitrogen and oxygen atoms in total. The van der Waals surface area contributed by atoms with Gasteiger partial charge < -0.3 is 9.88 Å². The molecule has 1 unspecified atom stereocenters. The fourth-order valence-corrected chi connectivity index (χ4v) is 3.09. The van der Waals surface area contributed by atoms with Gasteiger partial charge in [0.15, 0.2) is 5.13 Å². The lowest BCUT2D eigenvalue weighted by atomic mass is 9.97. The van der Waals surface area contributed by atoms with Gasteiger partial charge >= 0.3 is 0 Å². The normalized spacial score (nSPS) is 18.4. The topological polar surface area (TPSA) is 72.7 Å². The highest BCUT2D eigenvalue weighted by Gasteiger charge is 2.26. The van der Waals surface area contributed by atoms with Crippen molar-refractivity contribution in [3.63, 3.8) is 0 Å². The summed E-state index contributed by atoms with van der Waals surface area (Å²) < 4.78 is 2.89. The van der Waals surface area contributed by atoms with Gasteiger partial charge in [-0.3, -0.25) is 4.79 Å². The van der Waals surface area contributed by atoms with Crippen molar-refractivity contribution in [3.05, 3.63) is 22.1 Å². The van der Waals surface area contributed by atoms with Crippen LogP contribution in [0.15, 0.2) is 16.3 Å². The first-order chi connectivity index (χ1) is 8.72. The molecule has 1 amide bonds. The Kier molecular flexibility index (Phi) is 3.13. The molecule has 1 N–H and O–H groups in total. The summed E-state index contributed by atoms with van der Waals surface area (Å²) in [7, 11) is 0. The molecule has 2 aromatic rings. The first-order valence-electron chi connectivity index (χ1n) is 5.51. The zero-order valence-electron chi connectivity index (χ0n) is 9.34. The molecule has 0 saturated heterocycles. The number of halogens is 1. The maximum Gasteiger partial charge on any atom is 0.229 e. The second-order valence-electron chi connectivity index (χ2n) is 4.09. The third kappa shape index (κ3) is 2.30. The summed E-state index contributed by atoms with van der Waals surface area (Å²) in [5.41, 5.74) is 0. The predicted octanol–water partition coefficient (Wildman–Crippen LogP) is 1.70. The number of thiazole rings is 1. The van der Waals surface area contributed by atoms with Gasteiger partial charge in [-0.25, -0.2) is 4.98 Å². The number of aryl methyl sites for hydroxylation is 1. The molecule has 0 bridgehead atoms. The molecule has 1 aliphatic rings. The van der Waals surface area contributed by atoms with E-state index in [1.807, 2.05) is 4.57 Å². The molecule has 8 heteroatoms. The number of rotatable bonds is 2. The average molecular weight is 328 g/mol. The number of fused-ring (bicyclic) bond motifs is 1. The SMILES string of the molecule is O=C(Nc1ncc(Br)s1)C1CCn2cnnc2C1. The molecule has 3 rings (SSSR count). The van der Waals surface area contributed by atoms with Crippen LogP contribution in [-0.2, 0) is 17.8 Å². The molecule has 0 aromatic carbocycles. The molecular formula is C10H10BrN5OS. The summed E-state index contributed by atoms with van der Waals surface area (Å²) in [5.74, 6) is 0.831. The van der Waals surface area contributed by atoms with E-state index in [0.29, 0.717) is 11.6 Å². The molecule has 3 heterocycles. The van der Waals surface area contributed by atoms with Crippen LogP contribution in [0.5, 0.6) is 0 Å². The molecule has 2 aromatic heterocycles. The quantitative estimate of drug-likeness (QED) is 0.911. The molecule has 0 saturated carbocycles. The third-order valence-corrected chi connectivity index (χ3v) is 4.31. The summed E-state index contributed by atoms with van der Waals surface area (Å²) >= 11 is 4.73. The van der Waals surface area contributed by atoms with Crippen molar-refractivity contribution in [2.45, 2.75) is 19.4 Å². The lowest BCUT2D eigenvalue weighted by Crippen LogP contribution is -2.30. The van der Waals surface area contributed by atoms with Gasteiger partial charge in [0.1, 0.15) is 12.2 Å². The van der Waals surface area contributed by atoms with Crippen molar-refractivity contribution >= 4 is 38.3 Å². The van der Waals surface area contributed by atoms with E-state index in [-0.39, 0.29) is 11.8 Å². The number of carbonyl (C=O) groups excluding carboxylic acids is 1. The van der Waals surface area contributed by atoms with Crippen LogP contribution in [0.2, 0.25) is 0 Å². The molecule has 0 spiro atoms. The Morgan fingerprint density at radius 3 is 3.28 bits per heavy atom. The summed E-state index contributed by atoms with van der Waals surface area (Å²) in [5, 5.41) is 11.3. The lowest BCUT2D eigenvalue weighted by Gasteiger charge is -2.21. The minimum absolute atomic E-state index is 0.00565. The van der Waals surface area contributed by atoms with Gasteiger partial charge in [-0.2, -0.15) is 0 Å². The number of hydrogen-bond donors (Lipinski definition) is 1. The number of nitrogens with zero attached hydrogens (tertiary/aromatic N) is 4. The van der Waals surface area contributed by atoms with Crippen LogP contribution in [0.3, 0.4) is 0 Å². The van der Waals surface area contributed by atoms with E-state index >= 15 is 0 Å². The Hall–Kier alpha value is -1.28. The third-order valence-electron chi connectivity index (χ3n) is 2.92. The average Bonchev–Trinajstić information content (AvgIpc) is 2.96. The second kappa shape index (κ2) is 4.77. The van der Waals surface area contributed by atoms with Gasteiger partial charge in [0.25, 0.3) is 0 Å². The summed E-state index contributed by atoms with van der Waals surface area (Å²) in [6, 6.07) is 0. The molecule has 0 fully saturated rings. The highest BCUT2D eigenvalue weighted by Crippen LogP contribution is 2.25. The van der Waals surface area contributed by atoms with Crippen LogP contribution in [0.4, 0.5) is 5.13 Å². The van der Waals surface area contributed by atoms with Crippen molar-refractivity contribution in [2.75, 3.05) is 5.32 Å². The van der Waals surface area contributed by atoms with Crippen molar-refractivity contribution in [1.82, 2.24) is 19.7 Å². The molecular weight excluding hydrogens is 318 g/mol. The number of aromatic nitrogens is 4. The van der Waals surface area contributed by atoms with Crippen molar-refractivity contribution in [3.8, 4) is 0 Å². The van der Waals surface area contributed by atoms with Crippen LogP contribution >= 0.6 is 27.3 Å². The van der Waals surface area contributed by atoms with Crippen molar-refractivity contribution in [2.24, 2.45) is 5.92 Å². The minimum atomic E-state index is -0.0515.